The van der Waals surface area contributed by atoms with E-state index in [1.54, 1.807) is 6.20 Å². The molecule has 1 aromatic rings. The molecule has 1 fully saturated rings. The first-order valence-electron chi connectivity index (χ1n) is 4.72. The van der Waals surface area contributed by atoms with E-state index in [0.717, 1.165) is 28.8 Å². The first-order chi connectivity index (χ1) is 6.66. The molecule has 1 atom stereocenters. The second kappa shape index (κ2) is 3.87. The molecular weight excluding hydrogens is 244 g/mol. The number of hydrogen-bond donors (Lipinski definition) is 1. The molecule has 0 bridgehead atoms. The van der Waals surface area contributed by atoms with E-state index in [2.05, 4.69) is 25.8 Å². The van der Waals surface area contributed by atoms with Crippen LogP contribution in [0, 0.1) is 6.92 Å². The van der Waals surface area contributed by atoms with Crippen molar-refractivity contribution in [2.45, 2.75) is 19.4 Å². The van der Waals surface area contributed by atoms with E-state index in [-0.39, 0.29) is 6.10 Å². The first-order valence-corrected chi connectivity index (χ1v) is 5.51. The summed E-state index contributed by atoms with van der Waals surface area (Å²) in [5, 5.41) is 9.43. The summed E-state index contributed by atoms with van der Waals surface area (Å²) in [5.41, 5.74) is 1.15. The molecule has 0 amide bonds. The zero-order valence-electron chi connectivity index (χ0n) is 8.07. The van der Waals surface area contributed by atoms with Crippen LogP contribution in [0.4, 0.5) is 5.82 Å². The monoisotopic (exact) mass is 256 g/mol. The Morgan fingerprint density at radius 1 is 1.64 bits per heavy atom. The maximum Gasteiger partial charge on any atom is 0.131 e. The number of β-amino-alcohol motifs (C(OH)–C–C–N with tert-alkyl or cyclic N) is 1. The van der Waals surface area contributed by atoms with Gasteiger partial charge in [0.25, 0.3) is 0 Å². The number of halogens is 1. The van der Waals surface area contributed by atoms with Crippen LogP contribution in [0.5, 0.6) is 0 Å². The lowest BCUT2D eigenvalue weighted by atomic mass is 10.3. The summed E-state index contributed by atoms with van der Waals surface area (Å²) in [6.07, 6.45) is 2.45. The molecule has 1 N–H and O–H groups in total. The van der Waals surface area contributed by atoms with Crippen molar-refractivity contribution in [2.24, 2.45) is 0 Å². The number of aromatic nitrogens is 1. The normalized spacial score (nSPS) is 21.6. The number of aliphatic hydroxyl groups is 1. The third-order valence-corrected chi connectivity index (χ3v) is 2.91. The summed E-state index contributed by atoms with van der Waals surface area (Å²) in [4.78, 5) is 6.49. The second-order valence-corrected chi connectivity index (χ2v) is 4.60. The Morgan fingerprint density at radius 2 is 2.43 bits per heavy atom. The summed E-state index contributed by atoms with van der Waals surface area (Å²) < 4.78 is 0.999. The minimum atomic E-state index is -0.195. The predicted molar refractivity (Wildman–Crippen MR) is 59.5 cm³/mol. The largest absolute Gasteiger partial charge is 0.391 e. The van der Waals surface area contributed by atoms with E-state index in [4.69, 9.17) is 0 Å². The number of rotatable bonds is 1. The molecule has 0 radical (unpaired) electrons. The van der Waals surface area contributed by atoms with Gasteiger partial charge in [0.05, 0.1) is 6.10 Å². The molecule has 4 heteroatoms. The topological polar surface area (TPSA) is 36.4 Å². The van der Waals surface area contributed by atoms with Gasteiger partial charge < -0.3 is 10.0 Å². The third-order valence-electron chi connectivity index (χ3n) is 2.48. The summed E-state index contributed by atoms with van der Waals surface area (Å²) >= 11 is 3.39. The van der Waals surface area contributed by atoms with Crippen LogP contribution < -0.4 is 4.90 Å². The SMILES string of the molecule is Cc1cc(Br)cnc1N1CC[C@H](O)C1. The molecule has 1 aliphatic rings. The van der Waals surface area contributed by atoms with Crippen molar-refractivity contribution < 1.29 is 5.11 Å². The van der Waals surface area contributed by atoms with Crippen molar-refractivity contribution in [2.75, 3.05) is 18.0 Å². The van der Waals surface area contributed by atoms with Crippen LogP contribution in [0.3, 0.4) is 0 Å². The fourth-order valence-electron chi connectivity index (χ4n) is 1.80. The maximum atomic E-state index is 9.43. The van der Waals surface area contributed by atoms with Gasteiger partial charge in [-0.3, -0.25) is 0 Å². The Kier molecular flexibility index (Phi) is 2.74. The number of nitrogens with zero attached hydrogens (tertiary/aromatic N) is 2. The summed E-state index contributed by atoms with van der Waals surface area (Å²) in [6, 6.07) is 2.05. The average molecular weight is 257 g/mol. The van der Waals surface area contributed by atoms with Crippen molar-refractivity contribution in [1.82, 2.24) is 4.98 Å². The van der Waals surface area contributed by atoms with Crippen LogP contribution in [-0.2, 0) is 0 Å². The van der Waals surface area contributed by atoms with Gasteiger partial charge in [-0.2, -0.15) is 0 Å². The van der Waals surface area contributed by atoms with Gasteiger partial charge in [0.1, 0.15) is 5.82 Å². The highest BCUT2D eigenvalue weighted by Crippen LogP contribution is 2.23. The summed E-state index contributed by atoms with van der Waals surface area (Å²) in [5.74, 6) is 0.991. The molecule has 0 unspecified atom stereocenters. The molecule has 2 rings (SSSR count). The van der Waals surface area contributed by atoms with Gasteiger partial charge in [-0.15, -0.1) is 0 Å². The van der Waals surface area contributed by atoms with E-state index >= 15 is 0 Å². The molecule has 0 aromatic carbocycles. The Hall–Kier alpha value is -0.610. The molecule has 0 spiro atoms. The first kappa shape index (κ1) is 9.93. The highest BCUT2D eigenvalue weighted by Gasteiger charge is 2.22. The van der Waals surface area contributed by atoms with Crippen LogP contribution in [-0.4, -0.2) is 29.3 Å². The van der Waals surface area contributed by atoms with Crippen LogP contribution in [0.1, 0.15) is 12.0 Å². The highest BCUT2D eigenvalue weighted by molar-refractivity contribution is 9.10. The van der Waals surface area contributed by atoms with Crippen LogP contribution in [0.2, 0.25) is 0 Å². The maximum absolute atomic E-state index is 9.43. The fraction of sp³-hybridized carbons (Fsp3) is 0.500. The number of hydrogen-bond acceptors (Lipinski definition) is 3. The lowest BCUT2D eigenvalue weighted by Crippen LogP contribution is -2.23. The van der Waals surface area contributed by atoms with Gasteiger partial charge in [-0.1, -0.05) is 0 Å². The van der Waals surface area contributed by atoms with E-state index in [1.165, 1.54) is 0 Å². The Morgan fingerprint density at radius 3 is 3.00 bits per heavy atom. The molecule has 1 saturated heterocycles. The number of pyridine rings is 1. The molecule has 0 aliphatic carbocycles. The van der Waals surface area contributed by atoms with Gasteiger partial charge in [0.2, 0.25) is 0 Å². The quantitative estimate of drug-likeness (QED) is 0.832. The zero-order valence-corrected chi connectivity index (χ0v) is 9.66. The fourth-order valence-corrected chi connectivity index (χ4v) is 2.24. The van der Waals surface area contributed by atoms with E-state index in [0.29, 0.717) is 6.54 Å². The molecule has 14 heavy (non-hydrogen) atoms. The number of anilines is 1. The predicted octanol–water partition coefficient (Wildman–Crippen LogP) is 1.72. The Labute approximate surface area is 91.9 Å². The average Bonchev–Trinajstić information content (AvgIpc) is 2.51. The molecule has 76 valence electrons. The molecule has 3 nitrogen and oxygen atoms in total. The summed E-state index contributed by atoms with van der Waals surface area (Å²) in [7, 11) is 0. The van der Waals surface area contributed by atoms with Gasteiger partial charge in [-0.05, 0) is 40.9 Å². The van der Waals surface area contributed by atoms with Crippen LogP contribution >= 0.6 is 15.9 Å². The lowest BCUT2D eigenvalue weighted by molar-refractivity contribution is 0.198. The minimum Gasteiger partial charge on any atom is -0.391 e. The lowest BCUT2D eigenvalue weighted by Gasteiger charge is -2.18. The number of aliphatic hydroxyl groups excluding tert-OH is 1. The van der Waals surface area contributed by atoms with Crippen molar-refractivity contribution in [3.05, 3.63) is 22.3 Å². The van der Waals surface area contributed by atoms with E-state index in [1.807, 2.05) is 13.0 Å². The molecule has 2 heterocycles. The molecular formula is C10H13BrN2O. The molecule has 0 saturated carbocycles. The zero-order chi connectivity index (χ0) is 10.1. The van der Waals surface area contributed by atoms with Crippen molar-refractivity contribution in [3.63, 3.8) is 0 Å². The van der Waals surface area contributed by atoms with E-state index < -0.39 is 0 Å². The van der Waals surface area contributed by atoms with Crippen molar-refractivity contribution in [1.29, 1.82) is 0 Å². The van der Waals surface area contributed by atoms with Gasteiger partial charge in [-0.25, -0.2) is 4.98 Å². The minimum absolute atomic E-state index is 0.195. The molecule has 1 aliphatic heterocycles. The second-order valence-electron chi connectivity index (χ2n) is 3.68. The third kappa shape index (κ3) is 1.91. The van der Waals surface area contributed by atoms with Crippen LogP contribution in [0.25, 0.3) is 0 Å². The van der Waals surface area contributed by atoms with Gasteiger partial charge in [0.15, 0.2) is 0 Å². The highest BCUT2D eigenvalue weighted by atomic mass is 79.9. The molecule has 1 aromatic heterocycles. The Balaban J connectivity index is 2.24. The standard InChI is InChI=1S/C10H13BrN2O/c1-7-4-8(11)5-12-10(7)13-3-2-9(14)6-13/h4-5,9,14H,2-3,6H2,1H3/t9-/m0/s1. The van der Waals surface area contributed by atoms with E-state index in [9.17, 15) is 5.11 Å². The smallest absolute Gasteiger partial charge is 0.131 e. The van der Waals surface area contributed by atoms with Gasteiger partial charge >= 0.3 is 0 Å². The van der Waals surface area contributed by atoms with Crippen LogP contribution in [0.15, 0.2) is 16.7 Å². The Bertz CT molecular complexity index is 343. The summed E-state index contributed by atoms with van der Waals surface area (Å²) in [6.45, 7) is 3.64. The number of aryl methyl sites for hydroxylation is 1. The van der Waals surface area contributed by atoms with Gasteiger partial charge in [0, 0.05) is 23.8 Å². The van der Waals surface area contributed by atoms with Crippen molar-refractivity contribution in [3.8, 4) is 0 Å². The van der Waals surface area contributed by atoms with Crippen molar-refractivity contribution >= 4 is 21.7 Å².